The van der Waals surface area contributed by atoms with Gasteiger partial charge in [-0.15, -0.1) is 0 Å². The summed E-state index contributed by atoms with van der Waals surface area (Å²) < 4.78 is 1.60. The molecule has 0 aromatic carbocycles. The highest BCUT2D eigenvalue weighted by molar-refractivity contribution is 5.33. The van der Waals surface area contributed by atoms with E-state index in [2.05, 4.69) is 6.58 Å². The van der Waals surface area contributed by atoms with Crippen molar-refractivity contribution in [1.29, 1.82) is 0 Å². The van der Waals surface area contributed by atoms with E-state index in [0.29, 0.717) is 12.2 Å². The van der Waals surface area contributed by atoms with Crippen LogP contribution in [0.1, 0.15) is 6.42 Å². The standard InChI is InChI=1S/C11H14N2O/c1-2-3-4-5-8-13-9-6-7-10(12)11(13)14/h2-4,6-7,9H,1,5,8,12H2/b4-3+. The molecule has 0 unspecified atom stereocenters. The molecule has 0 amide bonds. The van der Waals surface area contributed by atoms with Gasteiger partial charge in [-0.1, -0.05) is 24.8 Å². The normalized spacial score (nSPS) is 10.6. The Balaban J connectivity index is 2.68. The van der Waals surface area contributed by atoms with Crippen LogP contribution in [0.2, 0.25) is 0 Å². The molecule has 1 heterocycles. The number of anilines is 1. The quantitative estimate of drug-likeness (QED) is 0.732. The number of aryl methyl sites for hydroxylation is 1. The lowest BCUT2D eigenvalue weighted by molar-refractivity contribution is 0.683. The first-order chi connectivity index (χ1) is 6.75. The van der Waals surface area contributed by atoms with Gasteiger partial charge in [0.05, 0.1) is 5.69 Å². The largest absolute Gasteiger partial charge is 0.394 e. The smallest absolute Gasteiger partial charge is 0.273 e. The highest BCUT2D eigenvalue weighted by Gasteiger charge is 1.96. The molecule has 0 atom stereocenters. The van der Waals surface area contributed by atoms with Crippen LogP contribution < -0.4 is 11.3 Å². The second-order valence-corrected chi connectivity index (χ2v) is 2.91. The Kier molecular flexibility index (Phi) is 3.73. The van der Waals surface area contributed by atoms with Crippen molar-refractivity contribution in [2.24, 2.45) is 0 Å². The average molecular weight is 190 g/mol. The number of pyridine rings is 1. The number of hydrogen-bond donors (Lipinski definition) is 1. The van der Waals surface area contributed by atoms with Crippen LogP contribution in [0.15, 0.2) is 47.9 Å². The van der Waals surface area contributed by atoms with Gasteiger partial charge in [-0.25, -0.2) is 0 Å². The molecule has 74 valence electrons. The molecule has 1 aromatic rings. The molecular weight excluding hydrogens is 176 g/mol. The highest BCUT2D eigenvalue weighted by atomic mass is 16.1. The zero-order valence-electron chi connectivity index (χ0n) is 8.02. The Bertz CT molecular complexity index is 391. The van der Waals surface area contributed by atoms with Gasteiger partial charge in [-0.3, -0.25) is 4.79 Å². The molecule has 3 nitrogen and oxygen atoms in total. The maximum Gasteiger partial charge on any atom is 0.273 e. The van der Waals surface area contributed by atoms with Crippen LogP contribution in [-0.4, -0.2) is 4.57 Å². The summed E-state index contributed by atoms with van der Waals surface area (Å²) in [6, 6.07) is 3.38. The Morgan fingerprint density at radius 1 is 1.57 bits per heavy atom. The van der Waals surface area contributed by atoms with Gasteiger partial charge in [0.15, 0.2) is 0 Å². The zero-order valence-corrected chi connectivity index (χ0v) is 8.02. The van der Waals surface area contributed by atoms with E-state index >= 15 is 0 Å². The Labute approximate surface area is 83.2 Å². The summed E-state index contributed by atoms with van der Waals surface area (Å²) in [6.07, 6.45) is 8.07. The molecule has 0 saturated heterocycles. The van der Waals surface area contributed by atoms with Crippen LogP contribution in [-0.2, 0) is 6.54 Å². The number of allylic oxidation sites excluding steroid dienone is 3. The van der Waals surface area contributed by atoms with Crippen molar-refractivity contribution in [2.75, 3.05) is 5.73 Å². The van der Waals surface area contributed by atoms with Gasteiger partial charge in [0.25, 0.3) is 5.56 Å². The lowest BCUT2D eigenvalue weighted by atomic mass is 10.3. The monoisotopic (exact) mass is 190 g/mol. The first-order valence-corrected chi connectivity index (χ1v) is 4.48. The van der Waals surface area contributed by atoms with Gasteiger partial charge in [0.2, 0.25) is 0 Å². The van der Waals surface area contributed by atoms with E-state index < -0.39 is 0 Å². The molecule has 1 aromatic heterocycles. The second-order valence-electron chi connectivity index (χ2n) is 2.91. The van der Waals surface area contributed by atoms with Gasteiger partial charge >= 0.3 is 0 Å². The third-order valence-electron chi connectivity index (χ3n) is 1.86. The van der Waals surface area contributed by atoms with Crippen molar-refractivity contribution in [2.45, 2.75) is 13.0 Å². The second kappa shape index (κ2) is 5.07. The molecule has 0 saturated carbocycles. The maximum absolute atomic E-state index is 11.4. The summed E-state index contributed by atoms with van der Waals surface area (Å²) in [4.78, 5) is 11.4. The average Bonchev–Trinajstić information content (AvgIpc) is 2.19. The fourth-order valence-electron chi connectivity index (χ4n) is 1.14. The summed E-state index contributed by atoms with van der Waals surface area (Å²) in [5.74, 6) is 0. The van der Waals surface area contributed by atoms with Crippen molar-refractivity contribution in [3.8, 4) is 0 Å². The molecule has 0 fully saturated rings. The lowest BCUT2D eigenvalue weighted by Gasteiger charge is -2.03. The maximum atomic E-state index is 11.4. The molecule has 0 aliphatic heterocycles. The minimum absolute atomic E-state index is 0.125. The molecule has 14 heavy (non-hydrogen) atoms. The minimum Gasteiger partial charge on any atom is -0.394 e. The number of nitrogen functional groups attached to an aromatic ring is 1. The zero-order chi connectivity index (χ0) is 10.4. The van der Waals surface area contributed by atoms with E-state index in [4.69, 9.17) is 5.73 Å². The third kappa shape index (κ3) is 2.62. The number of nitrogens with zero attached hydrogens (tertiary/aromatic N) is 1. The van der Waals surface area contributed by atoms with Gasteiger partial charge in [-0.05, 0) is 18.6 Å². The first-order valence-electron chi connectivity index (χ1n) is 4.48. The number of hydrogen-bond acceptors (Lipinski definition) is 2. The van der Waals surface area contributed by atoms with E-state index in [-0.39, 0.29) is 5.56 Å². The third-order valence-corrected chi connectivity index (χ3v) is 1.86. The SMILES string of the molecule is C=C/C=C/CCn1cccc(N)c1=O. The van der Waals surface area contributed by atoms with Crippen molar-refractivity contribution in [3.63, 3.8) is 0 Å². The number of rotatable bonds is 4. The number of aromatic nitrogens is 1. The van der Waals surface area contributed by atoms with Crippen molar-refractivity contribution in [3.05, 3.63) is 53.5 Å². The van der Waals surface area contributed by atoms with Crippen LogP contribution in [0.5, 0.6) is 0 Å². The molecule has 0 bridgehead atoms. The van der Waals surface area contributed by atoms with Crippen molar-refractivity contribution >= 4 is 5.69 Å². The van der Waals surface area contributed by atoms with Crippen LogP contribution in [0, 0.1) is 0 Å². The Morgan fingerprint density at radius 3 is 3.07 bits per heavy atom. The molecule has 0 spiro atoms. The molecule has 0 aliphatic rings. The van der Waals surface area contributed by atoms with Crippen LogP contribution >= 0.6 is 0 Å². The van der Waals surface area contributed by atoms with E-state index in [1.807, 2.05) is 12.2 Å². The van der Waals surface area contributed by atoms with Gasteiger partial charge < -0.3 is 10.3 Å². The summed E-state index contributed by atoms with van der Waals surface area (Å²) >= 11 is 0. The fourth-order valence-corrected chi connectivity index (χ4v) is 1.14. The molecule has 0 aliphatic carbocycles. The topological polar surface area (TPSA) is 48.0 Å². The van der Waals surface area contributed by atoms with E-state index in [0.717, 1.165) is 6.42 Å². The van der Waals surface area contributed by atoms with Crippen LogP contribution in [0.25, 0.3) is 0 Å². The summed E-state index contributed by atoms with van der Waals surface area (Å²) in [5, 5.41) is 0. The van der Waals surface area contributed by atoms with Gasteiger partial charge in [0, 0.05) is 12.7 Å². The van der Waals surface area contributed by atoms with Crippen LogP contribution in [0.4, 0.5) is 5.69 Å². The summed E-state index contributed by atoms with van der Waals surface area (Å²) in [7, 11) is 0. The van der Waals surface area contributed by atoms with Crippen molar-refractivity contribution in [1.82, 2.24) is 4.57 Å². The summed E-state index contributed by atoms with van der Waals surface area (Å²) in [6.45, 7) is 4.21. The molecule has 2 N–H and O–H groups in total. The predicted molar refractivity (Wildman–Crippen MR) is 59.1 cm³/mol. The van der Waals surface area contributed by atoms with E-state index in [1.54, 1.807) is 29.0 Å². The number of nitrogens with two attached hydrogens (primary N) is 1. The van der Waals surface area contributed by atoms with E-state index in [9.17, 15) is 4.79 Å². The van der Waals surface area contributed by atoms with Gasteiger partial charge in [-0.2, -0.15) is 0 Å². The van der Waals surface area contributed by atoms with Crippen LogP contribution in [0.3, 0.4) is 0 Å². The van der Waals surface area contributed by atoms with Crippen molar-refractivity contribution < 1.29 is 0 Å². The van der Waals surface area contributed by atoms with Gasteiger partial charge in [0.1, 0.15) is 0 Å². The summed E-state index contributed by atoms with van der Waals surface area (Å²) in [5.41, 5.74) is 5.65. The minimum atomic E-state index is -0.125. The fraction of sp³-hybridized carbons (Fsp3) is 0.182. The lowest BCUT2D eigenvalue weighted by Crippen LogP contribution is -2.21. The molecular formula is C11H14N2O. The highest BCUT2D eigenvalue weighted by Crippen LogP contribution is 1.94. The Hall–Kier alpha value is -1.77. The van der Waals surface area contributed by atoms with E-state index in [1.165, 1.54) is 0 Å². The molecule has 3 heteroatoms. The molecule has 1 rings (SSSR count). The predicted octanol–water partition coefficient (Wildman–Crippen LogP) is 1.56. The molecule has 0 radical (unpaired) electrons. The first kappa shape index (κ1) is 10.3. The Morgan fingerprint density at radius 2 is 2.36 bits per heavy atom.